The van der Waals surface area contributed by atoms with E-state index in [1.54, 1.807) is 0 Å². The summed E-state index contributed by atoms with van der Waals surface area (Å²) >= 11 is 0. The Balaban J connectivity index is 0.000000284. The highest BCUT2D eigenvalue weighted by Crippen LogP contribution is 2.30. The minimum absolute atomic E-state index is 0.0391. The van der Waals surface area contributed by atoms with Crippen LogP contribution in [0, 0.1) is 58.2 Å². The maximum atomic E-state index is 13.3. The monoisotopic (exact) mass is 898 g/mol. The molecule has 0 aliphatic heterocycles. The molecule has 2 amide bonds. The van der Waals surface area contributed by atoms with Gasteiger partial charge in [0.05, 0.1) is 13.2 Å². The van der Waals surface area contributed by atoms with Gasteiger partial charge in [0.1, 0.15) is 12.6 Å². The first kappa shape index (κ1) is 48.5. The van der Waals surface area contributed by atoms with E-state index in [2.05, 4.69) is 20.1 Å². The van der Waals surface area contributed by atoms with Crippen molar-refractivity contribution >= 4 is 23.8 Å². The number of halogens is 10. The first-order valence-electron chi connectivity index (χ1n) is 18.0. The quantitative estimate of drug-likeness (QED) is 0.0465. The third kappa shape index (κ3) is 13.7. The van der Waals surface area contributed by atoms with Crippen LogP contribution in [0.2, 0.25) is 0 Å². The van der Waals surface area contributed by atoms with Crippen molar-refractivity contribution < 1.29 is 87.1 Å². The van der Waals surface area contributed by atoms with Crippen molar-refractivity contribution in [3.8, 4) is 11.5 Å². The molecule has 63 heavy (non-hydrogen) atoms. The second kappa shape index (κ2) is 23.2. The number of hydrogen-bond donors (Lipinski definition) is 3. The summed E-state index contributed by atoms with van der Waals surface area (Å²) in [7, 11) is 0. The summed E-state index contributed by atoms with van der Waals surface area (Å²) in [5.74, 6) is -30.9. The zero-order valence-corrected chi connectivity index (χ0v) is 32.1. The molecule has 0 aliphatic carbocycles. The number of ketones is 1. The van der Waals surface area contributed by atoms with Gasteiger partial charge in [0.15, 0.2) is 30.8 Å². The number of carboxylic acids is 1. The van der Waals surface area contributed by atoms with Crippen LogP contribution < -0.4 is 20.1 Å². The van der Waals surface area contributed by atoms with Gasteiger partial charge in [-0.2, -0.15) is 17.6 Å². The van der Waals surface area contributed by atoms with Gasteiger partial charge in [-0.15, -0.1) is 0 Å². The van der Waals surface area contributed by atoms with Crippen molar-refractivity contribution in [2.45, 2.75) is 31.7 Å². The lowest BCUT2D eigenvalue weighted by atomic mass is 10.1. The summed E-state index contributed by atoms with van der Waals surface area (Å²) in [5.41, 5.74) is 2.48. The van der Waals surface area contributed by atoms with E-state index < -0.39 is 119 Å². The molecule has 0 saturated heterocycles. The van der Waals surface area contributed by atoms with Gasteiger partial charge in [-0.05, 0) is 16.7 Å². The van der Waals surface area contributed by atoms with E-state index in [0.29, 0.717) is 0 Å². The molecule has 334 valence electrons. The molecular weight excluding hydrogens is 866 g/mol. The highest BCUT2D eigenvalue weighted by Gasteiger charge is 2.30. The number of carbonyl (C=O) groups is 4. The summed E-state index contributed by atoms with van der Waals surface area (Å²) < 4.78 is 150. The molecule has 0 saturated carbocycles. The molecule has 5 aromatic rings. The lowest BCUT2D eigenvalue weighted by molar-refractivity contribution is -0.144. The number of rotatable bonds is 18. The van der Waals surface area contributed by atoms with Crippen LogP contribution >= 0.6 is 0 Å². The molecule has 5 rings (SSSR count). The van der Waals surface area contributed by atoms with E-state index in [1.165, 1.54) is 0 Å². The Bertz CT molecular complexity index is 2250. The summed E-state index contributed by atoms with van der Waals surface area (Å²) in [6.45, 7) is -2.83. The predicted octanol–water partition coefficient (Wildman–Crippen LogP) is 7.41. The molecule has 21 heteroatoms. The molecule has 0 spiro atoms. The maximum Gasteiger partial charge on any atom is 0.408 e. The van der Waals surface area contributed by atoms with Gasteiger partial charge in [0.2, 0.25) is 69.9 Å². The highest BCUT2D eigenvalue weighted by molar-refractivity contribution is 5.89. The van der Waals surface area contributed by atoms with Crippen LogP contribution in [0.15, 0.2) is 91.0 Å². The minimum Gasteiger partial charge on any atom is -0.480 e. The minimum atomic E-state index is -2.48. The van der Waals surface area contributed by atoms with Crippen LogP contribution in [0.5, 0.6) is 11.5 Å². The Morgan fingerprint density at radius 1 is 0.492 bits per heavy atom. The van der Waals surface area contributed by atoms with Gasteiger partial charge < -0.3 is 34.7 Å². The van der Waals surface area contributed by atoms with Gasteiger partial charge in [0, 0.05) is 6.42 Å². The fourth-order valence-corrected chi connectivity index (χ4v) is 5.05. The predicted molar refractivity (Wildman–Crippen MR) is 198 cm³/mol. The van der Waals surface area contributed by atoms with E-state index >= 15 is 0 Å². The van der Waals surface area contributed by atoms with Gasteiger partial charge in [0.25, 0.3) is 0 Å². The van der Waals surface area contributed by atoms with E-state index in [-0.39, 0.29) is 26.2 Å². The fraction of sp³-hybridized carbons (Fsp3) is 0.190. The Kier molecular flexibility index (Phi) is 17.8. The van der Waals surface area contributed by atoms with Crippen molar-refractivity contribution in [1.82, 2.24) is 10.6 Å². The Morgan fingerprint density at radius 2 is 0.873 bits per heavy atom. The summed E-state index contributed by atoms with van der Waals surface area (Å²) in [5, 5.41) is 14.6. The van der Waals surface area contributed by atoms with Crippen LogP contribution in [0.4, 0.5) is 48.7 Å². The average Bonchev–Trinajstić information content (AvgIpc) is 3.28. The van der Waals surface area contributed by atoms with Gasteiger partial charge >= 0.3 is 12.1 Å². The van der Waals surface area contributed by atoms with Crippen LogP contribution in [-0.2, 0) is 43.5 Å². The Morgan fingerprint density at radius 3 is 1.29 bits per heavy atom. The van der Waals surface area contributed by atoms with E-state index in [9.17, 15) is 68.2 Å². The number of ether oxygens (including phenoxy) is 4. The lowest BCUT2D eigenvalue weighted by Crippen LogP contribution is -2.53. The van der Waals surface area contributed by atoms with Crippen molar-refractivity contribution in [3.05, 3.63) is 166 Å². The molecule has 2 atom stereocenters. The molecule has 0 bridgehead atoms. The number of carboxylic acid groups (broad SMARTS) is 1. The third-order valence-electron chi connectivity index (χ3n) is 8.21. The third-order valence-corrected chi connectivity index (χ3v) is 8.21. The van der Waals surface area contributed by atoms with Crippen molar-refractivity contribution in [2.24, 2.45) is 0 Å². The van der Waals surface area contributed by atoms with Gasteiger partial charge in [-0.25, -0.2) is 35.9 Å². The molecular formula is C42H32F10N2O9. The molecule has 0 fully saturated rings. The van der Waals surface area contributed by atoms with Gasteiger partial charge in [-0.3, -0.25) is 9.59 Å². The highest BCUT2D eigenvalue weighted by atomic mass is 19.2. The number of carbonyl (C=O) groups excluding carboxylic acids is 3. The number of hydrogen-bond acceptors (Lipinski definition) is 8. The van der Waals surface area contributed by atoms with Gasteiger partial charge in [-0.1, -0.05) is 91.0 Å². The van der Waals surface area contributed by atoms with E-state index in [1.807, 2.05) is 91.0 Å². The zero-order valence-electron chi connectivity index (χ0n) is 32.1. The maximum absolute atomic E-state index is 13.3. The topological polar surface area (TPSA) is 149 Å². The molecule has 0 aliphatic rings. The number of alkyl carbamates (subject to hydrolysis) is 1. The fourth-order valence-electron chi connectivity index (χ4n) is 5.05. The number of benzene rings is 5. The molecule has 0 aromatic heterocycles. The number of nitrogens with one attached hydrogen (secondary N) is 2. The summed E-state index contributed by atoms with van der Waals surface area (Å²) in [4.78, 5) is 48.6. The first-order valence-corrected chi connectivity index (χ1v) is 18.0. The lowest BCUT2D eigenvalue weighted by Gasteiger charge is -2.21. The largest absolute Gasteiger partial charge is 0.480 e. The SMILES string of the molecule is O=C(COc1c(F)c(F)c(F)c(F)c1F)COc1c(F)c(F)c(F)c(F)c1F.O=C(N[C@@H](Cc1ccccc1)C(=O)N[C@@H](COCc1ccccc1)C(=O)O)OCc1ccccc1. The molecule has 11 nitrogen and oxygen atoms in total. The molecule has 0 radical (unpaired) electrons. The summed E-state index contributed by atoms with van der Waals surface area (Å²) in [6.07, 6.45) is -0.623. The zero-order chi connectivity index (χ0) is 46.2. The van der Waals surface area contributed by atoms with Crippen LogP contribution in [0.1, 0.15) is 16.7 Å². The molecule has 3 N–H and O–H groups in total. The average molecular weight is 899 g/mol. The van der Waals surface area contributed by atoms with Crippen molar-refractivity contribution in [3.63, 3.8) is 0 Å². The second-order valence-electron chi connectivity index (χ2n) is 12.8. The Hall–Kier alpha value is -7.16. The Labute approximate surface area is 350 Å². The van der Waals surface area contributed by atoms with Crippen LogP contribution in [-0.4, -0.2) is 60.8 Å². The standard InChI is InChI=1S/C27H28N2O6.C15H4F10O3/c30-25(28-24(26(31)32)19-34-17-21-12-6-2-7-13-21)23(16-20-10-4-1-5-11-20)29-27(33)35-18-22-14-8-3-9-15-22;16-4-6(18)10(22)14(11(23)7(4)19)27-1-3(26)2-28-15-12(24)8(20)5(17)9(21)13(15)25/h1-15,23-24H,16-19H2,(H,28,30)(H,29,33)(H,31,32);1-2H2/t23-,24-;/m0./s1. The van der Waals surface area contributed by atoms with E-state index in [4.69, 9.17) is 9.47 Å². The van der Waals surface area contributed by atoms with Crippen LogP contribution in [0.3, 0.4) is 0 Å². The number of Topliss-reactive ketones (excluding diaryl/α,β-unsaturated/α-hetero) is 1. The molecule has 0 unspecified atom stereocenters. The van der Waals surface area contributed by atoms with Crippen LogP contribution in [0.25, 0.3) is 0 Å². The van der Waals surface area contributed by atoms with Crippen molar-refractivity contribution in [1.29, 1.82) is 0 Å². The number of aliphatic carboxylic acids is 1. The van der Waals surface area contributed by atoms with E-state index in [0.717, 1.165) is 16.7 Å². The second-order valence-corrected chi connectivity index (χ2v) is 12.8. The summed E-state index contributed by atoms with van der Waals surface area (Å²) in [6, 6.07) is 25.2. The molecule has 5 aromatic carbocycles. The first-order chi connectivity index (χ1) is 30.0. The van der Waals surface area contributed by atoms with Crippen molar-refractivity contribution in [2.75, 3.05) is 19.8 Å². The molecule has 0 heterocycles. The smallest absolute Gasteiger partial charge is 0.408 e. The normalized spacial score (nSPS) is 11.7. The number of amides is 2.